The Morgan fingerprint density at radius 3 is 2.41 bits per heavy atom. The lowest BCUT2D eigenvalue weighted by Gasteiger charge is -2.27. The van der Waals surface area contributed by atoms with E-state index < -0.39 is 27.1 Å². The van der Waals surface area contributed by atoms with Gasteiger partial charge in [0.25, 0.3) is 11.6 Å². The van der Waals surface area contributed by atoms with Crippen LogP contribution in [0, 0.1) is 25.6 Å². The van der Waals surface area contributed by atoms with Crippen molar-refractivity contribution in [3.63, 3.8) is 0 Å². The molecule has 0 bridgehead atoms. The smallest absolute Gasteiger partial charge is 0.318 e. The quantitative estimate of drug-likeness (QED) is 0.227. The van der Waals surface area contributed by atoms with Crippen LogP contribution in [-0.2, 0) is 4.79 Å². The molecule has 0 aromatic heterocycles. The Bertz CT molecular complexity index is 1650. The highest BCUT2D eigenvalue weighted by Gasteiger charge is 2.36. The molecule has 0 fully saturated rings. The van der Waals surface area contributed by atoms with Crippen molar-refractivity contribution in [2.75, 3.05) is 7.11 Å². The number of nitrogens with zero attached hydrogens (tertiary/aromatic N) is 4. The molecule has 39 heavy (non-hydrogen) atoms. The molecule has 2 heterocycles. The third kappa shape index (κ3) is 4.85. The first-order chi connectivity index (χ1) is 18.8. The summed E-state index contributed by atoms with van der Waals surface area (Å²) < 4.78 is 11.1. The SMILES string of the molecule is COc1cc(C=C2C(=N)N3C(c4ccccc4)=CSC3=NC2=O)ccc1Oc1ccc([N+](=O)[O-])cc1[N+](=O)[O-]. The minimum atomic E-state index is -0.780. The first-order valence-electron chi connectivity index (χ1n) is 11.2. The van der Waals surface area contributed by atoms with Crippen molar-refractivity contribution in [3.8, 4) is 17.2 Å². The van der Waals surface area contributed by atoms with E-state index in [1.165, 1.54) is 37.1 Å². The molecule has 0 aliphatic carbocycles. The molecule has 0 saturated carbocycles. The number of carbonyl (C=O) groups is 1. The number of nitrogens with one attached hydrogen (secondary N) is 1. The van der Waals surface area contributed by atoms with Crippen molar-refractivity contribution in [1.29, 1.82) is 5.41 Å². The van der Waals surface area contributed by atoms with E-state index in [1.807, 2.05) is 35.7 Å². The molecule has 13 heteroatoms. The van der Waals surface area contributed by atoms with Crippen LogP contribution in [0.25, 0.3) is 11.8 Å². The zero-order chi connectivity index (χ0) is 27.7. The van der Waals surface area contributed by atoms with Gasteiger partial charge >= 0.3 is 5.69 Å². The molecule has 2 aliphatic rings. The second-order valence-corrected chi connectivity index (χ2v) is 8.94. The summed E-state index contributed by atoms with van der Waals surface area (Å²) in [7, 11) is 1.37. The van der Waals surface area contributed by atoms with Crippen LogP contribution in [0.4, 0.5) is 11.4 Å². The number of non-ortho nitro benzene ring substituents is 1. The number of amidine groups is 2. The molecule has 1 amide bonds. The Hall–Kier alpha value is -5.30. The molecule has 194 valence electrons. The Labute approximate surface area is 224 Å². The van der Waals surface area contributed by atoms with Crippen LogP contribution in [0.1, 0.15) is 11.1 Å². The maximum absolute atomic E-state index is 12.8. The summed E-state index contributed by atoms with van der Waals surface area (Å²) in [6, 6.07) is 17.1. The number of nitro groups is 2. The number of benzene rings is 3. The van der Waals surface area contributed by atoms with Gasteiger partial charge in [-0.2, -0.15) is 4.99 Å². The van der Waals surface area contributed by atoms with E-state index in [9.17, 15) is 25.0 Å². The van der Waals surface area contributed by atoms with Crippen molar-refractivity contribution in [3.05, 3.63) is 109 Å². The fourth-order valence-electron chi connectivity index (χ4n) is 3.91. The van der Waals surface area contributed by atoms with Gasteiger partial charge in [-0.05, 0) is 35.4 Å². The maximum atomic E-state index is 12.8. The molecule has 0 radical (unpaired) electrons. The standard InChI is InChI=1S/C26H17N5O7S/c1-37-23-12-15(7-9-22(23)38-21-10-8-17(30(33)34)13-19(21)31(35)36)11-18-24(27)29-20(16-5-3-2-4-6-16)14-39-26(29)28-25(18)32/h2-14,27H,1H3. The summed E-state index contributed by atoms with van der Waals surface area (Å²) in [6.07, 6.45) is 1.50. The third-order valence-electron chi connectivity index (χ3n) is 5.75. The fraction of sp³-hybridized carbons (Fsp3) is 0.0385. The van der Waals surface area contributed by atoms with Crippen molar-refractivity contribution in [1.82, 2.24) is 4.90 Å². The summed E-state index contributed by atoms with van der Waals surface area (Å²) in [5.41, 5.74) is 1.12. The predicted octanol–water partition coefficient (Wildman–Crippen LogP) is 5.61. The lowest BCUT2D eigenvalue weighted by molar-refractivity contribution is -0.394. The third-order valence-corrected chi connectivity index (χ3v) is 6.58. The molecule has 2 aliphatic heterocycles. The first kappa shape index (κ1) is 25.4. The number of ether oxygens (including phenoxy) is 2. The fourth-order valence-corrected chi connectivity index (χ4v) is 4.80. The van der Waals surface area contributed by atoms with Gasteiger partial charge in [0.2, 0.25) is 5.75 Å². The first-order valence-corrected chi connectivity index (χ1v) is 12.1. The van der Waals surface area contributed by atoms with Gasteiger partial charge in [-0.25, -0.2) is 0 Å². The van der Waals surface area contributed by atoms with E-state index in [4.69, 9.17) is 14.9 Å². The highest BCUT2D eigenvalue weighted by molar-refractivity contribution is 8.17. The Kier molecular flexibility index (Phi) is 6.64. The van der Waals surface area contributed by atoms with E-state index in [0.717, 1.165) is 29.5 Å². The molecular weight excluding hydrogens is 526 g/mol. The molecule has 12 nitrogen and oxygen atoms in total. The van der Waals surface area contributed by atoms with Gasteiger partial charge in [-0.15, -0.1) is 0 Å². The Morgan fingerprint density at radius 2 is 1.72 bits per heavy atom. The molecule has 5 rings (SSSR count). The highest BCUT2D eigenvalue weighted by Crippen LogP contribution is 2.40. The Balaban J connectivity index is 1.45. The molecule has 0 saturated heterocycles. The average molecular weight is 544 g/mol. The van der Waals surface area contributed by atoms with E-state index in [-0.39, 0.29) is 28.7 Å². The highest BCUT2D eigenvalue weighted by atomic mass is 32.2. The topological polar surface area (TPSA) is 161 Å². The van der Waals surface area contributed by atoms with E-state index in [2.05, 4.69) is 4.99 Å². The monoisotopic (exact) mass is 543 g/mol. The van der Waals surface area contributed by atoms with Crippen LogP contribution in [0.5, 0.6) is 17.2 Å². The lowest BCUT2D eigenvalue weighted by atomic mass is 10.1. The molecule has 0 atom stereocenters. The second-order valence-electron chi connectivity index (χ2n) is 8.11. The zero-order valence-corrected chi connectivity index (χ0v) is 20.9. The van der Waals surface area contributed by atoms with Gasteiger partial charge in [0.15, 0.2) is 16.7 Å². The van der Waals surface area contributed by atoms with Crippen LogP contribution < -0.4 is 9.47 Å². The maximum Gasteiger partial charge on any atom is 0.318 e. The summed E-state index contributed by atoms with van der Waals surface area (Å²) in [5, 5.41) is 33.5. The molecule has 3 aromatic carbocycles. The molecule has 0 unspecified atom stereocenters. The van der Waals surface area contributed by atoms with Crippen molar-refractivity contribution in [2.24, 2.45) is 4.99 Å². The molecule has 1 N–H and O–H groups in total. The number of rotatable bonds is 7. The number of fused-ring (bicyclic) bond motifs is 1. The van der Waals surface area contributed by atoms with Crippen LogP contribution in [-0.4, -0.2) is 38.8 Å². The molecule has 3 aromatic rings. The van der Waals surface area contributed by atoms with Gasteiger partial charge in [0.05, 0.1) is 34.3 Å². The lowest BCUT2D eigenvalue weighted by Crippen LogP contribution is -2.38. The second kappa shape index (κ2) is 10.2. The minimum Gasteiger partial charge on any atom is -0.493 e. The number of hydrogen-bond acceptors (Lipinski definition) is 9. The van der Waals surface area contributed by atoms with Crippen LogP contribution >= 0.6 is 11.8 Å². The summed E-state index contributed by atoms with van der Waals surface area (Å²) in [6.45, 7) is 0. The average Bonchev–Trinajstić information content (AvgIpc) is 3.36. The number of methoxy groups -OCH3 is 1. The van der Waals surface area contributed by atoms with Crippen LogP contribution in [0.3, 0.4) is 0 Å². The normalized spacial score (nSPS) is 15.5. The van der Waals surface area contributed by atoms with Crippen molar-refractivity contribution in [2.45, 2.75) is 0 Å². The van der Waals surface area contributed by atoms with Gasteiger partial charge in [0.1, 0.15) is 5.84 Å². The van der Waals surface area contributed by atoms with Crippen molar-refractivity contribution >= 4 is 51.8 Å². The van der Waals surface area contributed by atoms with Crippen LogP contribution in [0.15, 0.2) is 82.7 Å². The van der Waals surface area contributed by atoms with Gasteiger partial charge in [0, 0.05) is 11.5 Å². The number of aliphatic imine (C=N–C) groups is 1. The number of amides is 1. The summed E-state index contributed by atoms with van der Waals surface area (Å²) >= 11 is 1.26. The van der Waals surface area contributed by atoms with E-state index in [0.29, 0.717) is 10.7 Å². The van der Waals surface area contributed by atoms with Gasteiger partial charge in [-0.3, -0.25) is 35.3 Å². The predicted molar refractivity (Wildman–Crippen MR) is 145 cm³/mol. The number of carbonyl (C=O) groups excluding carboxylic acids is 1. The summed E-state index contributed by atoms with van der Waals surface area (Å²) in [4.78, 5) is 39.5. The number of hydrogen-bond donors (Lipinski definition) is 1. The van der Waals surface area contributed by atoms with E-state index >= 15 is 0 Å². The molecule has 0 spiro atoms. The summed E-state index contributed by atoms with van der Waals surface area (Å²) in [5.74, 6) is -0.536. The minimum absolute atomic E-state index is 0.0362. The largest absolute Gasteiger partial charge is 0.493 e. The van der Waals surface area contributed by atoms with Crippen molar-refractivity contribution < 1.29 is 24.1 Å². The Morgan fingerprint density at radius 1 is 0.974 bits per heavy atom. The van der Waals surface area contributed by atoms with Gasteiger partial charge in [-0.1, -0.05) is 48.2 Å². The van der Waals surface area contributed by atoms with Gasteiger partial charge < -0.3 is 9.47 Å². The number of nitro benzene ring substituents is 2. The van der Waals surface area contributed by atoms with E-state index in [1.54, 1.807) is 11.0 Å². The molecular formula is C26H17N5O7S. The zero-order valence-electron chi connectivity index (χ0n) is 20.1. The van der Waals surface area contributed by atoms with Crippen LogP contribution in [0.2, 0.25) is 0 Å². The number of thioether (sulfide) groups is 1.